The highest BCUT2D eigenvalue weighted by Crippen LogP contribution is 2.13. The number of hydrogen-bond acceptors (Lipinski definition) is 6. The molecule has 0 saturated heterocycles. The minimum Gasteiger partial charge on any atom is -0.452 e. The standard InChI is InChI=1S/C18H17N5O3/c24-17(19-11-10-14-6-2-1-3-7-14)12-26-18(25)15-8-4-5-9-16(15)23-13-20-21-22-23/h1-9,13H,10-12H2,(H,19,24). The summed E-state index contributed by atoms with van der Waals surface area (Å²) in [6.07, 6.45) is 2.09. The third kappa shape index (κ3) is 4.50. The van der Waals surface area contributed by atoms with Crippen LogP contribution >= 0.6 is 0 Å². The molecule has 0 saturated carbocycles. The van der Waals surface area contributed by atoms with E-state index in [-0.39, 0.29) is 18.1 Å². The van der Waals surface area contributed by atoms with E-state index in [9.17, 15) is 9.59 Å². The molecule has 8 heteroatoms. The van der Waals surface area contributed by atoms with Gasteiger partial charge in [-0.15, -0.1) is 5.10 Å². The number of carbonyl (C=O) groups is 2. The number of nitrogens with one attached hydrogen (secondary N) is 1. The predicted molar refractivity (Wildman–Crippen MR) is 92.6 cm³/mol. The summed E-state index contributed by atoms with van der Waals surface area (Å²) < 4.78 is 6.46. The number of carbonyl (C=O) groups excluding carboxylic acids is 2. The SMILES string of the molecule is O=C(COC(=O)c1ccccc1-n1cnnn1)NCCc1ccccc1. The molecule has 0 fully saturated rings. The Morgan fingerprint density at radius 3 is 2.58 bits per heavy atom. The molecule has 3 aromatic rings. The number of benzene rings is 2. The van der Waals surface area contributed by atoms with E-state index in [1.807, 2.05) is 30.3 Å². The van der Waals surface area contributed by atoms with E-state index in [0.29, 0.717) is 18.7 Å². The Bertz CT molecular complexity index is 866. The molecule has 3 rings (SSSR count). The zero-order chi connectivity index (χ0) is 18.2. The number of tetrazole rings is 1. The van der Waals surface area contributed by atoms with Gasteiger partial charge in [-0.25, -0.2) is 4.79 Å². The summed E-state index contributed by atoms with van der Waals surface area (Å²) in [6.45, 7) is 0.124. The number of para-hydroxylation sites is 1. The first kappa shape index (κ1) is 17.3. The number of esters is 1. The molecule has 1 heterocycles. The lowest BCUT2D eigenvalue weighted by Gasteiger charge is -2.09. The van der Waals surface area contributed by atoms with Crippen molar-refractivity contribution in [1.29, 1.82) is 0 Å². The van der Waals surface area contributed by atoms with Gasteiger partial charge in [0.05, 0.1) is 11.3 Å². The van der Waals surface area contributed by atoms with E-state index in [2.05, 4.69) is 20.8 Å². The number of rotatable bonds is 7. The van der Waals surface area contributed by atoms with Gasteiger partial charge in [0.25, 0.3) is 5.91 Å². The molecular weight excluding hydrogens is 334 g/mol. The maximum Gasteiger partial charge on any atom is 0.340 e. The lowest BCUT2D eigenvalue weighted by atomic mass is 10.1. The molecular formula is C18H17N5O3. The average molecular weight is 351 g/mol. The van der Waals surface area contributed by atoms with Crippen LogP contribution in [0.5, 0.6) is 0 Å². The van der Waals surface area contributed by atoms with Crippen molar-refractivity contribution in [1.82, 2.24) is 25.5 Å². The lowest BCUT2D eigenvalue weighted by Crippen LogP contribution is -2.30. The van der Waals surface area contributed by atoms with Crippen LogP contribution in [-0.2, 0) is 16.0 Å². The summed E-state index contributed by atoms with van der Waals surface area (Å²) in [4.78, 5) is 24.1. The smallest absolute Gasteiger partial charge is 0.340 e. The molecule has 0 radical (unpaired) electrons. The highest BCUT2D eigenvalue weighted by atomic mass is 16.5. The van der Waals surface area contributed by atoms with E-state index >= 15 is 0 Å². The lowest BCUT2D eigenvalue weighted by molar-refractivity contribution is -0.124. The number of amides is 1. The van der Waals surface area contributed by atoms with Gasteiger partial charge in [0.15, 0.2) is 6.61 Å². The number of ether oxygens (including phenoxy) is 1. The van der Waals surface area contributed by atoms with E-state index in [0.717, 1.165) is 5.56 Å². The van der Waals surface area contributed by atoms with Gasteiger partial charge in [0.2, 0.25) is 0 Å². The van der Waals surface area contributed by atoms with Crippen LogP contribution in [0.1, 0.15) is 15.9 Å². The number of nitrogens with zero attached hydrogens (tertiary/aromatic N) is 4. The first-order valence-corrected chi connectivity index (χ1v) is 8.04. The molecule has 1 aromatic heterocycles. The van der Waals surface area contributed by atoms with Crippen molar-refractivity contribution >= 4 is 11.9 Å². The first-order chi connectivity index (χ1) is 12.7. The second-order valence-corrected chi connectivity index (χ2v) is 5.43. The molecule has 0 aliphatic carbocycles. The molecule has 0 aliphatic heterocycles. The second kappa shape index (κ2) is 8.52. The quantitative estimate of drug-likeness (QED) is 0.642. The van der Waals surface area contributed by atoms with Crippen molar-refractivity contribution < 1.29 is 14.3 Å². The zero-order valence-corrected chi connectivity index (χ0v) is 13.9. The van der Waals surface area contributed by atoms with Crippen LogP contribution in [0.2, 0.25) is 0 Å². The zero-order valence-electron chi connectivity index (χ0n) is 13.9. The highest BCUT2D eigenvalue weighted by molar-refractivity contribution is 5.94. The van der Waals surface area contributed by atoms with Crippen molar-refractivity contribution in [3.05, 3.63) is 72.1 Å². The van der Waals surface area contributed by atoms with Crippen molar-refractivity contribution in [2.24, 2.45) is 0 Å². The number of hydrogen-bond donors (Lipinski definition) is 1. The molecule has 132 valence electrons. The van der Waals surface area contributed by atoms with Gasteiger partial charge in [0.1, 0.15) is 6.33 Å². The molecule has 1 N–H and O–H groups in total. The molecule has 26 heavy (non-hydrogen) atoms. The first-order valence-electron chi connectivity index (χ1n) is 8.04. The van der Waals surface area contributed by atoms with E-state index in [1.165, 1.54) is 11.0 Å². The third-order valence-corrected chi connectivity index (χ3v) is 3.63. The largest absolute Gasteiger partial charge is 0.452 e. The Kier molecular flexibility index (Phi) is 5.66. The Morgan fingerprint density at radius 2 is 1.81 bits per heavy atom. The van der Waals surface area contributed by atoms with Gasteiger partial charge in [-0.3, -0.25) is 4.79 Å². The third-order valence-electron chi connectivity index (χ3n) is 3.63. The summed E-state index contributed by atoms with van der Waals surface area (Å²) in [5, 5.41) is 13.6. The Morgan fingerprint density at radius 1 is 1.04 bits per heavy atom. The van der Waals surface area contributed by atoms with Gasteiger partial charge in [-0.05, 0) is 34.5 Å². The van der Waals surface area contributed by atoms with Crippen molar-refractivity contribution in [2.75, 3.05) is 13.2 Å². The van der Waals surface area contributed by atoms with Crippen molar-refractivity contribution in [2.45, 2.75) is 6.42 Å². The highest BCUT2D eigenvalue weighted by Gasteiger charge is 2.15. The van der Waals surface area contributed by atoms with E-state index in [1.54, 1.807) is 24.3 Å². The molecule has 0 aliphatic rings. The van der Waals surface area contributed by atoms with E-state index in [4.69, 9.17) is 4.74 Å². The van der Waals surface area contributed by atoms with Crippen LogP contribution in [0.15, 0.2) is 60.9 Å². The Labute approximate surface area is 149 Å². The average Bonchev–Trinajstić information content (AvgIpc) is 3.21. The maximum absolute atomic E-state index is 12.3. The fraction of sp³-hybridized carbons (Fsp3) is 0.167. The normalized spacial score (nSPS) is 10.3. The molecule has 1 amide bonds. The minimum absolute atomic E-state index is 0.275. The van der Waals surface area contributed by atoms with Gasteiger partial charge >= 0.3 is 5.97 Å². The van der Waals surface area contributed by atoms with Gasteiger partial charge in [-0.2, -0.15) is 4.68 Å². The second-order valence-electron chi connectivity index (χ2n) is 5.43. The van der Waals surface area contributed by atoms with Crippen LogP contribution < -0.4 is 5.32 Å². The summed E-state index contributed by atoms with van der Waals surface area (Å²) in [5.74, 6) is -0.969. The number of aromatic nitrogens is 4. The van der Waals surface area contributed by atoms with Gasteiger partial charge < -0.3 is 10.1 Å². The van der Waals surface area contributed by atoms with Gasteiger partial charge in [0, 0.05) is 6.54 Å². The van der Waals surface area contributed by atoms with Gasteiger partial charge in [-0.1, -0.05) is 42.5 Å². The summed E-state index contributed by atoms with van der Waals surface area (Å²) in [5.41, 5.74) is 1.88. The minimum atomic E-state index is -0.616. The van der Waals surface area contributed by atoms with Crippen molar-refractivity contribution in [3.8, 4) is 5.69 Å². The fourth-order valence-corrected chi connectivity index (χ4v) is 2.37. The predicted octanol–water partition coefficient (Wildman–Crippen LogP) is 1.18. The topological polar surface area (TPSA) is 99.0 Å². The monoisotopic (exact) mass is 351 g/mol. The fourth-order valence-electron chi connectivity index (χ4n) is 2.37. The van der Waals surface area contributed by atoms with Crippen LogP contribution in [0.3, 0.4) is 0 Å². The molecule has 0 unspecified atom stereocenters. The van der Waals surface area contributed by atoms with E-state index < -0.39 is 5.97 Å². The Balaban J connectivity index is 1.50. The summed E-state index contributed by atoms with van der Waals surface area (Å²) in [7, 11) is 0. The summed E-state index contributed by atoms with van der Waals surface area (Å²) >= 11 is 0. The van der Waals surface area contributed by atoms with Crippen LogP contribution in [-0.4, -0.2) is 45.2 Å². The molecule has 2 aromatic carbocycles. The molecule has 0 spiro atoms. The molecule has 8 nitrogen and oxygen atoms in total. The Hall–Kier alpha value is -3.55. The van der Waals surface area contributed by atoms with Crippen LogP contribution in [0.4, 0.5) is 0 Å². The van der Waals surface area contributed by atoms with Crippen molar-refractivity contribution in [3.63, 3.8) is 0 Å². The molecule has 0 bridgehead atoms. The van der Waals surface area contributed by atoms with Crippen LogP contribution in [0.25, 0.3) is 5.69 Å². The maximum atomic E-state index is 12.3. The molecule has 0 atom stereocenters. The van der Waals surface area contributed by atoms with Crippen LogP contribution in [0, 0.1) is 0 Å². The summed E-state index contributed by atoms with van der Waals surface area (Å²) in [6, 6.07) is 16.5.